The molecule has 4 rings (SSSR count). The van der Waals surface area contributed by atoms with E-state index in [1.54, 1.807) is 0 Å². The highest BCUT2D eigenvalue weighted by molar-refractivity contribution is 6.28. The Morgan fingerprint density at radius 2 is 1.85 bits per heavy atom. The minimum absolute atomic E-state index is 0.273. The third-order valence-corrected chi connectivity index (χ3v) is 6.60. The van der Waals surface area contributed by atoms with Crippen LogP contribution in [0.15, 0.2) is 6.33 Å². The van der Waals surface area contributed by atoms with Crippen molar-refractivity contribution >= 4 is 28.6 Å². The van der Waals surface area contributed by atoms with Crippen molar-refractivity contribution in [3.63, 3.8) is 0 Å². The van der Waals surface area contributed by atoms with Crippen LogP contribution >= 0.6 is 11.6 Å². The van der Waals surface area contributed by atoms with E-state index in [1.807, 2.05) is 6.33 Å². The lowest BCUT2D eigenvalue weighted by molar-refractivity contribution is 0.269. The van der Waals surface area contributed by atoms with Crippen LogP contribution < -0.4 is 5.32 Å². The normalized spacial score (nSPS) is 23.9. The van der Waals surface area contributed by atoms with Crippen LogP contribution in [0.4, 0.5) is 5.82 Å². The summed E-state index contributed by atoms with van der Waals surface area (Å²) in [5.74, 6) is 3.47. The standard InChI is InChI=1S/C20H30ClN5/c1-14-5-7-16(8-6-14)10-12-26-13-23-19-17(26)18(24-20(21)25-19)22-11-9-15-3-2-4-15/h13-16H,2-12H2,1H3,(H,22,24,25). The monoisotopic (exact) mass is 375 g/mol. The molecule has 0 unspecified atom stereocenters. The fourth-order valence-electron chi connectivity index (χ4n) is 4.36. The Morgan fingerprint density at radius 3 is 2.58 bits per heavy atom. The number of hydrogen-bond donors (Lipinski definition) is 1. The van der Waals surface area contributed by atoms with E-state index < -0.39 is 0 Å². The van der Waals surface area contributed by atoms with E-state index in [-0.39, 0.29) is 5.28 Å². The molecule has 2 aliphatic carbocycles. The summed E-state index contributed by atoms with van der Waals surface area (Å²) in [4.78, 5) is 13.3. The molecule has 2 aromatic heterocycles. The van der Waals surface area contributed by atoms with E-state index in [2.05, 4.69) is 31.8 Å². The van der Waals surface area contributed by atoms with Crippen LogP contribution in [0.1, 0.15) is 64.7 Å². The van der Waals surface area contributed by atoms with Crippen molar-refractivity contribution in [3.8, 4) is 0 Å². The van der Waals surface area contributed by atoms with Crippen molar-refractivity contribution in [2.45, 2.75) is 71.3 Å². The molecule has 0 saturated heterocycles. The number of hydrogen-bond acceptors (Lipinski definition) is 4. The van der Waals surface area contributed by atoms with Gasteiger partial charge in [-0.15, -0.1) is 0 Å². The number of anilines is 1. The molecule has 0 bridgehead atoms. The number of imidazole rings is 1. The fraction of sp³-hybridized carbons (Fsp3) is 0.750. The lowest BCUT2D eigenvalue weighted by Gasteiger charge is -2.26. The Morgan fingerprint density at radius 1 is 1.08 bits per heavy atom. The molecule has 5 nitrogen and oxygen atoms in total. The smallest absolute Gasteiger partial charge is 0.226 e. The zero-order valence-corrected chi connectivity index (χ0v) is 16.5. The van der Waals surface area contributed by atoms with Gasteiger partial charge >= 0.3 is 0 Å². The highest BCUT2D eigenvalue weighted by Gasteiger charge is 2.20. The molecule has 2 aliphatic rings. The topological polar surface area (TPSA) is 55.6 Å². The first-order chi connectivity index (χ1) is 12.7. The first kappa shape index (κ1) is 18.0. The zero-order chi connectivity index (χ0) is 17.9. The van der Waals surface area contributed by atoms with E-state index in [4.69, 9.17) is 11.6 Å². The maximum absolute atomic E-state index is 6.11. The number of rotatable bonds is 7. The van der Waals surface area contributed by atoms with Crippen molar-refractivity contribution < 1.29 is 0 Å². The minimum Gasteiger partial charge on any atom is -0.368 e. The summed E-state index contributed by atoms with van der Waals surface area (Å²) in [5, 5.41) is 3.77. The molecule has 6 heteroatoms. The highest BCUT2D eigenvalue weighted by atomic mass is 35.5. The molecule has 0 aliphatic heterocycles. The molecule has 26 heavy (non-hydrogen) atoms. The largest absolute Gasteiger partial charge is 0.368 e. The molecule has 2 aromatic rings. The van der Waals surface area contributed by atoms with Gasteiger partial charge in [-0.25, -0.2) is 4.98 Å². The zero-order valence-electron chi connectivity index (χ0n) is 15.8. The molecule has 142 valence electrons. The molecular formula is C20H30ClN5. The van der Waals surface area contributed by atoms with Crippen LogP contribution in [0.3, 0.4) is 0 Å². The number of aryl methyl sites for hydroxylation is 1. The van der Waals surface area contributed by atoms with Crippen molar-refractivity contribution in [3.05, 3.63) is 11.6 Å². The van der Waals surface area contributed by atoms with E-state index >= 15 is 0 Å². The summed E-state index contributed by atoms with van der Waals surface area (Å²) in [6.07, 6.45) is 13.9. The molecule has 0 amide bonds. The SMILES string of the molecule is CC1CCC(CCn2cnc3nc(Cl)nc(NCCC4CCC4)c32)CC1. The Labute approximate surface area is 161 Å². The van der Waals surface area contributed by atoms with E-state index in [9.17, 15) is 0 Å². The second-order valence-electron chi connectivity index (χ2n) is 8.38. The molecule has 1 N–H and O–H groups in total. The molecule has 2 heterocycles. The van der Waals surface area contributed by atoms with Gasteiger partial charge in [-0.1, -0.05) is 51.9 Å². The van der Waals surface area contributed by atoms with Crippen molar-refractivity contribution in [2.24, 2.45) is 17.8 Å². The van der Waals surface area contributed by atoms with Gasteiger partial charge in [0, 0.05) is 13.1 Å². The molecule has 0 spiro atoms. The Balaban J connectivity index is 1.44. The van der Waals surface area contributed by atoms with Gasteiger partial charge in [-0.2, -0.15) is 9.97 Å². The number of halogens is 1. The molecule has 0 radical (unpaired) electrons. The van der Waals surface area contributed by atoms with E-state index in [0.29, 0.717) is 5.65 Å². The molecule has 0 atom stereocenters. The quantitative estimate of drug-likeness (QED) is 0.667. The lowest BCUT2D eigenvalue weighted by atomic mass is 9.81. The summed E-state index contributed by atoms with van der Waals surface area (Å²) < 4.78 is 2.22. The van der Waals surface area contributed by atoms with Gasteiger partial charge in [0.05, 0.1) is 6.33 Å². The molecule has 2 saturated carbocycles. The summed E-state index contributed by atoms with van der Waals surface area (Å²) >= 11 is 6.11. The Hall–Kier alpha value is -1.36. The Bertz CT molecular complexity index is 731. The summed E-state index contributed by atoms with van der Waals surface area (Å²) in [6.45, 7) is 4.30. The second kappa shape index (κ2) is 8.12. The van der Waals surface area contributed by atoms with Crippen LogP contribution in [0, 0.1) is 17.8 Å². The summed E-state index contributed by atoms with van der Waals surface area (Å²) in [7, 11) is 0. The van der Waals surface area contributed by atoms with Crippen LogP contribution in [0.5, 0.6) is 0 Å². The maximum atomic E-state index is 6.11. The lowest BCUT2D eigenvalue weighted by Crippen LogP contribution is -2.17. The Kier molecular flexibility index (Phi) is 5.63. The predicted octanol–water partition coefficient (Wildman–Crippen LogP) is 5.30. The highest BCUT2D eigenvalue weighted by Crippen LogP contribution is 2.32. The number of nitrogens with one attached hydrogen (secondary N) is 1. The first-order valence-corrected chi connectivity index (χ1v) is 10.7. The van der Waals surface area contributed by atoms with Gasteiger partial charge in [0.1, 0.15) is 5.52 Å². The third kappa shape index (κ3) is 4.13. The minimum atomic E-state index is 0.273. The van der Waals surface area contributed by atoms with Gasteiger partial charge < -0.3 is 9.88 Å². The molecule has 2 fully saturated rings. The van der Waals surface area contributed by atoms with Crippen LogP contribution in [0.25, 0.3) is 11.2 Å². The van der Waals surface area contributed by atoms with Gasteiger partial charge in [0.25, 0.3) is 0 Å². The van der Waals surface area contributed by atoms with Gasteiger partial charge in [0.2, 0.25) is 5.28 Å². The molecular weight excluding hydrogens is 346 g/mol. The van der Waals surface area contributed by atoms with Gasteiger partial charge in [0.15, 0.2) is 11.5 Å². The van der Waals surface area contributed by atoms with Crippen LogP contribution in [-0.4, -0.2) is 26.1 Å². The second-order valence-corrected chi connectivity index (χ2v) is 8.72. The average Bonchev–Trinajstić information content (AvgIpc) is 2.99. The summed E-state index contributed by atoms with van der Waals surface area (Å²) in [5.41, 5.74) is 1.71. The number of aromatic nitrogens is 4. The first-order valence-electron chi connectivity index (χ1n) is 10.3. The van der Waals surface area contributed by atoms with Crippen LogP contribution in [-0.2, 0) is 6.54 Å². The van der Waals surface area contributed by atoms with Crippen molar-refractivity contribution in [2.75, 3.05) is 11.9 Å². The maximum Gasteiger partial charge on any atom is 0.226 e. The van der Waals surface area contributed by atoms with Crippen molar-refractivity contribution in [1.82, 2.24) is 19.5 Å². The average molecular weight is 376 g/mol. The van der Waals surface area contributed by atoms with Crippen LogP contribution in [0.2, 0.25) is 5.28 Å². The van der Waals surface area contributed by atoms with Gasteiger partial charge in [-0.3, -0.25) is 0 Å². The van der Waals surface area contributed by atoms with Gasteiger partial charge in [-0.05, 0) is 42.2 Å². The van der Waals surface area contributed by atoms with E-state index in [1.165, 1.54) is 57.8 Å². The van der Waals surface area contributed by atoms with E-state index in [0.717, 1.165) is 42.2 Å². The third-order valence-electron chi connectivity index (χ3n) is 6.43. The van der Waals surface area contributed by atoms with Crippen molar-refractivity contribution in [1.29, 1.82) is 0 Å². The predicted molar refractivity (Wildman–Crippen MR) is 107 cm³/mol. The number of nitrogens with zero attached hydrogens (tertiary/aromatic N) is 4. The fourth-order valence-corrected chi connectivity index (χ4v) is 4.53. The molecule has 0 aromatic carbocycles. The summed E-state index contributed by atoms with van der Waals surface area (Å²) in [6, 6.07) is 0. The number of fused-ring (bicyclic) bond motifs is 1.